The SMILES string of the molecule is COC(=O)C1(C)CCN(c2cccc(Br)c2)CC1. The number of carbonyl (C=O) groups excluding carboxylic acids is 1. The molecule has 98 valence electrons. The highest BCUT2D eigenvalue weighted by molar-refractivity contribution is 9.10. The third-order valence-electron chi connectivity index (χ3n) is 3.72. The molecule has 2 rings (SSSR count). The van der Waals surface area contributed by atoms with E-state index < -0.39 is 0 Å². The minimum absolute atomic E-state index is 0.0867. The fourth-order valence-corrected chi connectivity index (χ4v) is 2.77. The van der Waals surface area contributed by atoms with Gasteiger partial charge in [-0.1, -0.05) is 22.0 Å². The summed E-state index contributed by atoms with van der Waals surface area (Å²) in [5.41, 5.74) is 0.883. The lowest BCUT2D eigenvalue weighted by Gasteiger charge is -2.38. The minimum Gasteiger partial charge on any atom is -0.469 e. The Labute approximate surface area is 116 Å². The summed E-state index contributed by atoms with van der Waals surface area (Å²) in [7, 11) is 1.47. The van der Waals surface area contributed by atoms with E-state index in [0.717, 1.165) is 30.4 Å². The van der Waals surface area contributed by atoms with Gasteiger partial charge in [0, 0.05) is 23.2 Å². The molecule has 0 amide bonds. The van der Waals surface area contributed by atoms with Crippen LogP contribution in [0.25, 0.3) is 0 Å². The van der Waals surface area contributed by atoms with Crippen molar-refractivity contribution >= 4 is 27.6 Å². The number of nitrogens with zero attached hydrogens (tertiary/aromatic N) is 1. The first kappa shape index (κ1) is 13.4. The zero-order valence-corrected chi connectivity index (χ0v) is 12.4. The van der Waals surface area contributed by atoms with Crippen LogP contribution in [-0.4, -0.2) is 26.2 Å². The second-order valence-electron chi connectivity index (χ2n) is 5.02. The Kier molecular flexibility index (Phi) is 3.95. The lowest BCUT2D eigenvalue weighted by Crippen LogP contribution is -2.43. The average molecular weight is 312 g/mol. The summed E-state index contributed by atoms with van der Waals surface area (Å²) in [5, 5.41) is 0. The number of piperidine rings is 1. The van der Waals surface area contributed by atoms with Crippen LogP contribution in [0.15, 0.2) is 28.7 Å². The van der Waals surface area contributed by atoms with Crippen molar-refractivity contribution in [3.8, 4) is 0 Å². The highest BCUT2D eigenvalue weighted by Gasteiger charge is 2.37. The van der Waals surface area contributed by atoms with E-state index in [1.54, 1.807) is 0 Å². The van der Waals surface area contributed by atoms with E-state index in [2.05, 4.69) is 33.0 Å². The number of ether oxygens (including phenoxy) is 1. The first-order valence-corrected chi connectivity index (χ1v) is 6.93. The molecule has 0 aliphatic carbocycles. The summed E-state index contributed by atoms with van der Waals surface area (Å²) in [5.74, 6) is -0.0867. The zero-order chi connectivity index (χ0) is 13.2. The second kappa shape index (κ2) is 5.31. The van der Waals surface area contributed by atoms with Gasteiger partial charge in [-0.2, -0.15) is 0 Å². The van der Waals surface area contributed by atoms with Crippen LogP contribution in [0.2, 0.25) is 0 Å². The molecule has 0 saturated carbocycles. The quantitative estimate of drug-likeness (QED) is 0.785. The van der Waals surface area contributed by atoms with Gasteiger partial charge in [-0.15, -0.1) is 0 Å². The Hall–Kier alpha value is -1.03. The highest BCUT2D eigenvalue weighted by atomic mass is 79.9. The predicted octanol–water partition coefficient (Wildman–Crippen LogP) is 3.23. The van der Waals surface area contributed by atoms with Crippen molar-refractivity contribution in [1.82, 2.24) is 0 Å². The van der Waals surface area contributed by atoms with Crippen LogP contribution in [0.1, 0.15) is 19.8 Å². The summed E-state index contributed by atoms with van der Waals surface area (Å²) in [4.78, 5) is 14.1. The molecule has 1 heterocycles. The van der Waals surface area contributed by atoms with E-state index >= 15 is 0 Å². The molecule has 0 bridgehead atoms. The van der Waals surface area contributed by atoms with E-state index in [9.17, 15) is 4.79 Å². The highest BCUT2D eigenvalue weighted by Crippen LogP contribution is 2.34. The number of hydrogen-bond acceptors (Lipinski definition) is 3. The third-order valence-corrected chi connectivity index (χ3v) is 4.21. The van der Waals surface area contributed by atoms with Gasteiger partial charge in [-0.05, 0) is 38.0 Å². The molecule has 0 aromatic heterocycles. The fourth-order valence-electron chi connectivity index (χ4n) is 2.38. The Bertz CT molecular complexity index is 439. The van der Waals surface area contributed by atoms with Crippen LogP contribution in [0.3, 0.4) is 0 Å². The Morgan fingerprint density at radius 3 is 2.61 bits per heavy atom. The summed E-state index contributed by atoms with van der Waals surface area (Å²) in [6.45, 7) is 3.78. The van der Waals surface area contributed by atoms with Crippen molar-refractivity contribution < 1.29 is 9.53 Å². The van der Waals surface area contributed by atoms with Gasteiger partial charge < -0.3 is 9.64 Å². The summed E-state index contributed by atoms with van der Waals surface area (Å²) in [6, 6.07) is 8.27. The van der Waals surface area contributed by atoms with Gasteiger partial charge in [0.2, 0.25) is 0 Å². The molecular weight excluding hydrogens is 294 g/mol. The van der Waals surface area contributed by atoms with Gasteiger partial charge in [-0.3, -0.25) is 4.79 Å². The summed E-state index contributed by atoms with van der Waals surface area (Å²) < 4.78 is 5.97. The van der Waals surface area contributed by atoms with Crippen LogP contribution in [-0.2, 0) is 9.53 Å². The number of anilines is 1. The zero-order valence-electron chi connectivity index (χ0n) is 10.8. The van der Waals surface area contributed by atoms with Crippen molar-refractivity contribution in [3.05, 3.63) is 28.7 Å². The molecule has 1 saturated heterocycles. The van der Waals surface area contributed by atoms with Crippen molar-refractivity contribution in [2.45, 2.75) is 19.8 Å². The standard InChI is InChI=1S/C14H18BrNO2/c1-14(13(17)18-2)6-8-16(9-7-14)12-5-3-4-11(15)10-12/h3-5,10H,6-9H2,1-2H3. The molecule has 0 atom stereocenters. The van der Waals surface area contributed by atoms with Gasteiger partial charge in [0.15, 0.2) is 0 Å². The minimum atomic E-state index is -0.322. The monoisotopic (exact) mass is 311 g/mol. The largest absolute Gasteiger partial charge is 0.469 e. The van der Waals surface area contributed by atoms with Gasteiger partial charge in [0.1, 0.15) is 0 Å². The van der Waals surface area contributed by atoms with E-state index in [-0.39, 0.29) is 11.4 Å². The Balaban J connectivity index is 2.05. The molecule has 0 spiro atoms. The van der Waals surface area contributed by atoms with E-state index in [1.807, 2.05) is 19.1 Å². The van der Waals surface area contributed by atoms with Crippen molar-refractivity contribution in [3.63, 3.8) is 0 Å². The average Bonchev–Trinajstić information content (AvgIpc) is 2.38. The predicted molar refractivity (Wildman–Crippen MR) is 75.7 cm³/mol. The van der Waals surface area contributed by atoms with Crippen LogP contribution >= 0.6 is 15.9 Å². The van der Waals surface area contributed by atoms with E-state index in [4.69, 9.17) is 4.74 Å². The van der Waals surface area contributed by atoms with Gasteiger partial charge >= 0.3 is 5.97 Å². The molecule has 1 aliphatic rings. The van der Waals surface area contributed by atoms with Crippen LogP contribution in [0, 0.1) is 5.41 Å². The second-order valence-corrected chi connectivity index (χ2v) is 5.93. The number of halogens is 1. The number of rotatable bonds is 2. The topological polar surface area (TPSA) is 29.5 Å². The Morgan fingerprint density at radius 1 is 1.39 bits per heavy atom. The van der Waals surface area contributed by atoms with Crippen LogP contribution in [0.5, 0.6) is 0 Å². The smallest absolute Gasteiger partial charge is 0.311 e. The molecular formula is C14H18BrNO2. The summed E-state index contributed by atoms with van der Waals surface area (Å²) >= 11 is 3.48. The Morgan fingerprint density at radius 2 is 2.06 bits per heavy atom. The summed E-state index contributed by atoms with van der Waals surface area (Å²) in [6.07, 6.45) is 1.68. The molecule has 1 aliphatic heterocycles. The molecule has 1 aromatic carbocycles. The van der Waals surface area contributed by atoms with E-state index in [0.29, 0.717) is 0 Å². The molecule has 0 N–H and O–H groups in total. The van der Waals surface area contributed by atoms with Gasteiger partial charge in [0.05, 0.1) is 12.5 Å². The molecule has 1 fully saturated rings. The lowest BCUT2D eigenvalue weighted by molar-refractivity contribution is -0.152. The number of methoxy groups -OCH3 is 1. The normalized spacial score (nSPS) is 18.5. The molecule has 0 unspecified atom stereocenters. The molecule has 0 radical (unpaired) electrons. The maximum Gasteiger partial charge on any atom is 0.311 e. The van der Waals surface area contributed by atoms with Crippen LogP contribution in [0.4, 0.5) is 5.69 Å². The van der Waals surface area contributed by atoms with E-state index in [1.165, 1.54) is 12.8 Å². The molecule has 18 heavy (non-hydrogen) atoms. The van der Waals surface area contributed by atoms with Crippen LogP contribution < -0.4 is 4.90 Å². The molecule has 3 nitrogen and oxygen atoms in total. The van der Waals surface area contributed by atoms with Gasteiger partial charge in [-0.25, -0.2) is 0 Å². The number of benzene rings is 1. The maximum atomic E-state index is 11.7. The molecule has 1 aromatic rings. The fraction of sp³-hybridized carbons (Fsp3) is 0.500. The van der Waals surface area contributed by atoms with Crippen molar-refractivity contribution in [2.24, 2.45) is 5.41 Å². The molecule has 4 heteroatoms. The maximum absolute atomic E-state index is 11.7. The first-order valence-electron chi connectivity index (χ1n) is 6.14. The van der Waals surface area contributed by atoms with Gasteiger partial charge in [0.25, 0.3) is 0 Å². The number of hydrogen-bond donors (Lipinski definition) is 0. The lowest BCUT2D eigenvalue weighted by atomic mass is 9.80. The first-order chi connectivity index (χ1) is 8.55. The third kappa shape index (κ3) is 2.69. The van der Waals surface area contributed by atoms with Crippen molar-refractivity contribution in [1.29, 1.82) is 0 Å². The number of carbonyl (C=O) groups is 1. The van der Waals surface area contributed by atoms with Crippen molar-refractivity contribution in [2.75, 3.05) is 25.1 Å². The number of esters is 1.